The smallest absolute Gasteiger partial charge is 0.226 e. The van der Waals surface area contributed by atoms with Crippen LogP contribution in [0, 0.1) is 29.0 Å². The molecule has 4 heteroatoms. The van der Waals surface area contributed by atoms with E-state index in [0.29, 0.717) is 6.54 Å². The van der Waals surface area contributed by atoms with E-state index in [1.807, 2.05) is 0 Å². The monoisotopic (exact) mass is 317 g/mol. The summed E-state index contributed by atoms with van der Waals surface area (Å²) in [5, 5.41) is 12.2. The lowest BCUT2D eigenvalue weighted by Crippen LogP contribution is -2.53. The second kappa shape index (κ2) is 5.59. The average molecular weight is 317 g/mol. The molecule has 1 aromatic carbocycles. The number of rotatable bonds is 4. The zero-order valence-corrected chi connectivity index (χ0v) is 13.4. The van der Waals surface area contributed by atoms with Crippen molar-refractivity contribution in [3.8, 4) is 0 Å². The van der Waals surface area contributed by atoms with Crippen molar-refractivity contribution in [2.45, 2.75) is 51.7 Å². The molecule has 0 atom stereocenters. The third-order valence-corrected chi connectivity index (χ3v) is 6.25. The Morgan fingerprint density at radius 2 is 1.78 bits per heavy atom. The highest BCUT2D eigenvalue weighted by molar-refractivity contribution is 5.83. The van der Waals surface area contributed by atoms with Crippen LogP contribution >= 0.6 is 0 Å². The van der Waals surface area contributed by atoms with Crippen LogP contribution in [-0.4, -0.2) is 11.0 Å². The average Bonchev–Trinajstić information content (AvgIpc) is 2.52. The molecule has 0 saturated heterocycles. The van der Waals surface area contributed by atoms with Crippen LogP contribution in [0.5, 0.6) is 0 Å². The van der Waals surface area contributed by atoms with Crippen LogP contribution in [0.25, 0.3) is 0 Å². The van der Waals surface area contributed by atoms with Crippen LogP contribution < -0.4 is 5.32 Å². The van der Waals surface area contributed by atoms with E-state index < -0.39 is 5.82 Å². The molecule has 0 aromatic heterocycles. The first-order valence-electron chi connectivity index (χ1n) is 8.74. The molecule has 5 rings (SSSR count). The van der Waals surface area contributed by atoms with E-state index in [1.54, 1.807) is 12.1 Å². The lowest BCUT2D eigenvalue weighted by atomic mass is 9.49. The molecule has 23 heavy (non-hydrogen) atoms. The maximum absolute atomic E-state index is 13.4. The molecule has 124 valence electrons. The summed E-state index contributed by atoms with van der Waals surface area (Å²) in [5.74, 6) is 2.03. The fraction of sp³-hybridized carbons (Fsp3) is 0.632. The molecule has 0 unspecified atom stereocenters. The molecular weight excluding hydrogens is 293 g/mol. The van der Waals surface area contributed by atoms with Crippen molar-refractivity contribution in [2.75, 3.05) is 0 Å². The highest BCUT2D eigenvalue weighted by atomic mass is 19.1. The minimum atomic E-state index is -0.399. The minimum absolute atomic E-state index is 0.144. The topological polar surface area (TPSA) is 49.3 Å². The summed E-state index contributed by atoms with van der Waals surface area (Å²) in [6.45, 7) is 0.0937. The van der Waals surface area contributed by atoms with E-state index in [0.717, 1.165) is 42.6 Å². The van der Waals surface area contributed by atoms with Gasteiger partial charge in [0.1, 0.15) is 5.82 Å². The van der Waals surface area contributed by atoms with E-state index in [4.69, 9.17) is 5.11 Å². The van der Waals surface area contributed by atoms with Gasteiger partial charge in [-0.3, -0.25) is 4.79 Å². The summed E-state index contributed by atoms with van der Waals surface area (Å²) in [4.78, 5) is 12.9. The molecular formula is C19H24FNO2. The molecule has 4 bridgehead atoms. The van der Waals surface area contributed by atoms with E-state index in [9.17, 15) is 9.18 Å². The predicted molar refractivity (Wildman–Crippen MR) is 84.8 cm³/mol. The second-order valence-electron chi connectivity index (χ2n) is 7.96. The highest BCUT2D eigenvalue weighted by Crippen LogP contribution is 2.60. The quantitative estimate of drug-likeness (QED) is 0.896. The molecule has 4 fully saturated rings. The van der Waals surface area contributed by atoms with Gasteiger partial charge in [0.05, 0.1) is 6.61 Å². The lowest BCUT2D eigenvalue weighted by Gasteiger charge is -2.55. The zero-order chi connectivity index (χ0) is 16.0. The molecule has 2 N–H and O–H groups in total. The van der Waals surface area contributed by atoms with Gasteiger partial charge in [-0.25, -0.2) is 4.39 Å². The van der Waals surface area contributed by atoms with Crippen molar-refractivity contribution >= 4 is 5.91 Å². The number of aliphatic hydroxyl groups excluding tert-OH is 1. The van der Waals surface area contributed by atoms with Crippen molar-refractivity contribution in [1.82, 2.24) is 5.32 Å². The van der Waals surface area contributed by atoms with E-state index in [-0.39, 0.29) is 23.5 Å². The normalized spacial score (nSPS) is 34.6. The molecule has 1 aromatic rings. The van der Waals surface area contributed by atoms with Crippen LogP contribution in [-0.2, 0) is 17.9 Å². The number of amides is 1. The standard InChI is InChI=1S/C19H24FNO2/c20-17-2-1-12(6-16(17)11-22)10-21-18(23)19-7-13-3-14(8-19)5-15(4-13)9-19/h1-2,6,13-15,22H,3-5,7-11H2,(H,21,23). The van der Waals surface area contributed by atoms with Gasteiger partial charge >= 0.3 is 0 Å². The fourth-order valence-electron chi connectivity index (χ4n) is 5.62. The number of nitrogens with one attached hydrogen (secondary N) is 1. The summed E-state index contributed by atoms with van der Waals surface area (Å²) in [5.41, 5.74) is 0.981. The Morgan fingerprint density at radius 1 is 1.17 bits per heavy atom. The Bertz CT molecular complexity index is 593. The highest BCUT2D eigenvalue weighted by Gasteiger charge is 2.54. The summed E-state index contributed by atoms with van der Waals surface area (Å²) in [6, 6.07) is 4.67. The van der Waals surface area contributed by atoms with Gasteiger partial charge in [0.2, 0.25) is 5.91 Å². The molecule has 0 heterocycles. The molecule has 4 saturated carbocycles. The van der Waals surface area contributed by atoms with Gasteiger partial charge in [-0.2, -0.15) is 0 Å². The predicted octanol–water partition coefficient (Wildman–Crippen LogP) is 3.15. The van der Waals surface area contributed by atoms with E-state index in [1.165, 1.54) is 25.3 Å². The Kier molecular flexibility index (Phi) is 3.67. The maximum atomic E-state index is 13.4. The lowest BCUT2D eigenvalue weighted by molar-refractivity contribution is -0.146. The Labute approximate surface area is 136 Å². The third kappa shape index (κ3) is 2.67. The largest absolute Gasteiger partial charge is 0.392 e. The summed E-state index contributed by atoms with van der Waals surface area (Å²) < 4.78 is 13.4. The van der Waals surface area contributed by atoms with Crippen molar-refractivity contribution < 1.29 is 14.3 Å². The van der Waals surface area contributed by atoms with Crippen molar-refractivity contribution in [2.24, 2.45) is 23.2 Å². The molecule has 3 nitrogen and oxygen atoms in total. The minimum Gasteiger partial charge on any atom is -0.392 e. The molecule has 4 aliphatic carbocycles. The molecule has 0 spiro atoms. The Balaban J connectivity index is 1.44. The fourth-order valence-corrected chi connectivity index (χ4v) is 5.62. The first kappa shape index (κ1) is 15.1. The number of carbonyl (C=O) groups is 1. The maximum Gasteiger partial charge on any atom is 0.226 e. The molecule has 0 aliphatic heterocycles. The van der Waals surface area contributed by atoms with Crippen LogP contribution in [0.4, 0.5) is 4.39 Å². The first-order chi connectivity index (χ1) is 11.1. The van der Waals surface area contributed by atoms with Gasteiger partial charge in [-0.1, -0.05) is 6.07 Å². The van der Waals surface area contributed by atoms with Gasteiger partial charge < -0.3 is 10.4 Å². The van der Waals surface area contributed by atoms with Crippen LogP contribution in [0.3, 0.4) is 0 Å². The van der Waals surface area contributed by atoms with Crippen molar-refractivity contribution in [3.05, 3.63) is 35.1 Å². The van der Waals surface area contributed by atoms with Crippen LogP contribution in [0.15, 0.2) is 18.2 Å². The van der Waals surface area contributed by atoms with Crippen LogP contribution in [0.1, 0.15) is 49.7 Å². The van der Waals surface area contributed by atoms with Gasteiger partial charge in [0.15, 0.2) is 0 Å². The SMILES string of the molecule is O=C(NCc1ccc(F)c(CO)c1)C12CC3CC(CC(C3)C1)C2. The van der Waals surface area contributed by atoms with Gasteiger partial charge in [-0.05, 0) is 74.0 Å². The molecule has 4 aliphatic rings. The van der Waals surface area contributed by atoms with Gasteiger partial charge in [0, 0.05) is 17.5 Å². The Morgan fingerprint density at radius 3 is 2.35 bits per heavy atom. The van der Waals surface area contributed by atoms with Gasteiger partial charge in [-0.15, -0.1) is 0 Å². The van der Waals surface area contributed by atoms with Crippen molar-refractivity contribution in [1.29, 1.82) is 0 Å². The number of carbonyl (C=O) groups excluding carboxylic acids is 1. The zero-order valence-electron chi connectivity index (χ0n) is 13.4. The van der Waals surface area contributed by atoms with Crippen molar-refractivity contribution in [3.63, 3.8) is 0 Å². The first-order valence-corrected chi connectivity index (χ1v) is 8.74. The molecule has 0 radical (unpaired) electrons. The number of halogens is 1. The summed E-state index contributed by atoms with van der Waals surface area (Å²) in [6.07, 6.45) is 7.13. The number of benzene rings is 1. The second-order valence-corrected chi connectivity index (χ2v) is 7.96. The molecule has 1 amide bonds. The Hall–Kier alpha value is -1.42. The summed E-state index contributed by atoms with van der Waals surface area (Å²) in [7, 11) is 0. The number of aliphatic hydroxyl groups is 1. The number of hydrogen-bond acceptors (Lipinski definition) is 2. The van der Waals surface area contributed by atoms with E-state index in [2.05, 4.69) is 5.32 Å². The third-order valence-electron chi connectivity index (χ3n) is 6.25. The summed E-state index contributed by atoms with van der Waals surface area (Å²) >= 11 is 0. The van der Waals surface area contributed by atoms with Crippen LogP contribution in [0.2, 0.25) is 0 Å². The van der Waals surface area contributed by atoms with E-state index >= 15 is 0 Å². The number of hydrogen-bond donors (Lipinski definition) is 2. The van der Waals surface area contributed by atoms with Gasteiger partial charge in [0.25, 0.3) is 0 Å².